The topological polar surface area (TPSA) is 98.8 Å². The van der Waals surface area contributed by atoms with E-state index in [0.29, 0.717) is 12.2 Å². The molecule has 9 nitrogen and oxygen atoms in total. The molecule has 0 spiro atoms. The Balaban J connectivity index is 2.59. The molecule has 0 fully saturated rings. The van der Waals surface area contributed by atoms with Crippen molar-refractivity contribution in [3.8, 4) is 17.2 Å². The molecule has 1 aromatic rings. The van der Waals surface area contributed by atoms with Gasteiger partial charge in [0.05, 0.1) is 33.0 Å². The SMILES string of the molecule is CCCCCOC(=O)OOOC(=O)c1ccc(OC)c(OC)c1OC. The van der Waals surface area contributed by atoms with Crippen LogP contribution in [0.25, 0.3) is 0 Å². The molecule has 0 aliphatic rings. The highest BCUT2D eigenvalue weighted by Crippen LogP contribution is 2.39. The summed E-state index contributed by atoms with van der Waals surface area (Å²) in [4.78, 5) is 31.8. The van der Waals surface area contributed by atoms with Crippen molar-refractivity contribution in [3.05, 3.63) is 17.7 Å². The average Bonchev–Trinajstić information content (AvgIpc) is 2.63. The molecule has 0 saturated carbocycles. The lowest BCUT2D eigenvalue weighted by atomic mass is 10.1. The Morgan fingerprint density at radius 1 is 0.920 bits per heavy atom. The fraction of sp³-hybridized carbons (Fsp3) is 0.500. The third kappa shape index (κ3) is 6.03. The van der Waals surface area contributed by atoms with Gasteiger partial charge in [0.25, 0.3) is 0 Å². The monoisotopic (exact) mass is 358 g/mol. The van der Waals surface area contributed by atoms with Crippen LogP contribution in [-0.4, -0.2) is 40.1 Å². The Bertz CT molecular complexity index is 571. The molecule has 0 heterocycles. The summed E-state index contributed by atoms with van der Waals surface area (Å²) in [5.74, 6) is -0.311. The molecule has 25 heavy (non-hydrogen) atoms. The van der Waals surface area contributed by atoms with Gasteiger partial charge in [-0.05, 0) is 18.6 Å². The summed E-state index contributed by atoms with van der Waals surface area (Å²) in [5.41, 5.74) is -0.0138. The molecule has 0 aromatic heterocycles. The van der Waals surface area contributed by atoms with Crippen LogP contribution in [0.2, 0.25) is 0 Å². The summed E-state index contributed by atoms with van der Waals surface area (Å²) in [6, 6.07) is 2.87. The van der Waals surface area contributed by atoms with Crippen molar-refractivity contribution in [2.24, 2.45) is 0 Å². The van der Waals surface area contributed by atoms with Crippen LogP contribution in [0.15, 0.2) is 12.1 Å². The van der Waals surface area contributed by atoms with Crippen LogP contribution >= 0.6 is 0 Å². The maximum atomic E-state index is 12.0. The van der Waals surface area contributed by atoms with Crippen molar-refractivity contribution < 1.29 is 43.3 Å². The van der Waals surface area contributed by atoms with Crippen molar-refractivity contribution in [2.75, 3.05) is 27.9 Å². The summed E-state index contributed by atoms with van der Waals surface area (Å²) in [5, 5.41) is 4.15. The van der Waals surface area contributed by atoms with Crippen LogP contribution in [0.4, 0.5) is 4.79 Å². The molecule has 0 aliphatic carbocycles. The molecule has 140 valence electrons. The fourth-order valence-corrected chi connectivity index (χ4v) is 1.91. The first-order chi connectivity index (χ1) is 12.1. The first-order valence-electron chi connectivity index (χ1n) is 7.60. The van der Waals surface area contributed by atoms with Gasteiger partial charge in [-0.3, -0.25) is 4.89 Å². The van der Waals surface area contributed by atoms with Gasteiger partial charge in [-0.1, -0.05) is 19.8 Å². The number of hydrogen-bond donors (Lipinski definition) is 0. The third-order valence-electron chi connectivity index (χ3n) is 3.10. The summed E-state index contributed by atoms with van der Waals surface area (Å²) >= 11 is 0. The van der Waals surface area contributed by atoms with Gasteiger partial charge in [0.2, 0.25) is 5.75 Å². The largest absolute Gasteiger partial charge is 0.543 e. The minimum atomic E-state index is -1.11. The van der Waals surface area contributed by atoms with E-state index >= 15 is 0 Å². The van der Waals surface area contributed by atoms with Crippen LogP contribution < -0.4 is 14.2 Å². The van der Waals surface area contributed by atoms with Crippen LogP contribution in [0.5, 0.6) is 17.2 Å². The van der Waals surface area contributed by atoms with E-state index in [1.165, 1.54) is 33.5 Å². The van der Waals surface area contributed by atoms with Gasteiger partial charge in [0.1, 0.15) is 5.56 Å². The van der Waals surface area contributed by atoms with Crippen molar-refractivity contribution in [2.45, 2.75) is 26.2 Å². The smallest absolute Gasteiger partial charge is 0.493 e. The lowest BCUT2D eigenvalue weighted by Gasteiger charge is -2.14. The average molecular weight is 358 g/mol. The summed E-state index contributed by atoms with van der Waals surface area (Å²) in [7, 11) is 4.18. The van der Waals surface area contributed by atoms with Crippen LogP contribution in [-0.2, 0) is 19.6 Å². The molecule has 0 saturated heterocycles. The lowest BCUT2D eigenvalue weighted by Crippen LogP contribution is -2.13. The Labute approximate surface area is 145 Å². The van der Waals surface area contributed by atoms with Gasteiger partial charge in [0, 0.05) is 0 Å². The maximum absolute atomic E-state index is 12.0. The fourth-order valence-electron chi connectivity index (χ4n) is 1.91. The van der Waals surface area contributed by atoms with E-state index in [9.17, 15) is 9.59 Å². The molecule has 0 atom stereocenters. The highest BCUT2D eigenvalue weighted by Gasteiger charge is 2.23. The first kappa shape index (κ1) is 20.4. The van der Waals surface area contributed by atoms with Gasteiger partial charge in [0.15, 0.2) is 11.5 Å². The third-order valence-corrected chi connectivity index (χ3v) is 3.10. The minimum absolute atomic E-state index is 0.0138. The maximum Gasteiger partial charge on any atom is 0.543 e. The zero-order valence-corrected chi connectivity index (χ0v) is 14.7. The standard InChI is InChI=1S/C16H22O9/c1-5-6-7-10-22-16(18)24-25-23-15(17)11-8-9-12(19-2)14(21-4)13(11)20-3/h8-9H,5-7,10H2,1-4H3. The van der Waals surface area contributed by atoms with E-state index in [-0.39, 0.29) is 23.7 Å². The number of benzene rings is 1. The Hall–Kier alpha value is -2.68. The van der Waals surface area contributed by atoms with E-state index < -0.39 is 12.1 Å². The number of unbranched alkanes of at least 4 members (excludes halogenated alkanes) is 2. The summed E-state index contributed by atoms with van der Waals surface area (Å²) in [6.45, 7) is 2.21. The number of rotatable bonds is 10. The van der Waals surface area contributed by atoms with Crippen molar-refractivity contribution in [1.29, 1.82) is 0 Å². The Kier molecular flexibility index (Phi) is 8.94. The van der Waals surface area contributed by atoms with E-state index in [0.717, 1.165) is 12.8 Å². The minimum Gasteiger partial charge on any atom is -0.493 e. The first-order valence-corrected chi connectivity index (χ1v) is 7.60. The van der Waals surface area contributed by atoms with E-state index in [1.54, 1.807) is 0 Å². The number of carbonyl (C=O) groups excluding carboxylic acids is 2. The number of hydrogen-bond acceptors (Lipinski definition) is 9. The van der Waals surface area contributed by atoms with E-state index in [4.69, 9.17) is 18.9 Å². The van der Waals surface area contributed by atoms with Gasteiger partial charge in [-0.2, -0.15) is 0 Å². The zero-order valence-electron chi connectivity index (χ0n) is 14.7. The molecule has 9 heteroatoms. The predicted octanol–water partition coefficient (Wildman–Crippen LogP) is 3.06. The molecule has 0 aliphatic heterocycles. The second-order valence-corrected chi connectivity index (χ2v) is 4.71. The van der Waals surface area contributed by atoms with Gasteiger partial charge < -0.3 is 18.9 Å². The molecular weight excluding hydrogens is 336 g/mol. The van der Waals surface area contributed by atoms with Crippen LogP contribution in [0, 0.1) is 0 Å². The second-order valence-electron chi connectivity index (χ2n) is 4.71. The highest BCUT2D eigenvalue weighted by molar-refractivity contribution is 5.93. The van der Waals surface area contributed by atoms with Crippen molar-refractivity contribution in [1.82, 2.24) is 0 Å². The van der Waals surface area contributed by atoms with Gasteiger partial charge in [-0.15, -0.1) is 0 Å². The summed E-state index contributed by atoms with van der Waals surface area (Å²) < 4.78 is 20.1. The lowest BCUT2D eigenvalue weighted by molar-refractivity contribution is -0.452. The molecule has 0 radical (unpaired) electrons. The molecule has 0 unspecified atom stereocenters. The molecule has 0 N–H and O–H groups in total. The Morgan fingerprint density at radius 3 is 2.24 bits per heavy atom. The number of methoxy groups -OCH3 is 3. The molecule has 0 bridgehead atoms. The van der Waals surface area contributed by atoms with Crippen LogP contribution in [0.1, 0.15) is 36.5 Å². The number of ether oxygens (including phenoxy) is 4. The Morgan fingerprint density at radius 2 is 1.64 bits per heavy atom. The molecule has 1 aromatic carbocycles. The van der Waals surface area contributed by atoms with Gasteiger partial charge >= 0.3 is 12.1 Å². The molecule has 0 amide bonds. The van der Waals surface area contributed by atoms with Crippen LogP contribution in [0.3, 0.4) is 0 Å². The normalized spacial score (nSPS) is 9.92. The predicted molar refractivity (Wildman–Crippen MR) is 84.6 cm³/mol. The van der Waals surface area contributed by atoms with E-state index in [2.05, 4.69) is 14.8 Å². The van der Waals surface area contributed by atoms with Crippen molar-refractivity contribution >= 4 is 12.1 Å². The van der Waals surface area contributed by atoms with Gasteiger partial charge in [-0.25, -0.2) is 14.5 Å². The number of carbonyl (C=O) groups is 2. The quantitative estimate of drug-likeness (QED) is 0.270. The molecule has 1 rings (SSSR count). The second kappa shape index (κ2) is 11.0. The highest BCUT2D eigenvalue weighted by atomic mass is 17.5. The molecular formula is C16H22O9. The zero-order chi connectivity index (χ0) is 18.7. The van der Waals surface area contributed by atoms with E-state index in [1.807, 2.05) is 6.92 Å². The summed E-state index contributed by atoms with van der Waals surface area (Å²) in [6.07, 6.45) is 1.50. The van der Waals surface area contributed by atoms with Crippen molar-refractivity contribution in [3.63, 3.8) is 0 Å².